The first-order valence-corrected chi connectivity index (χ1v) is 10.7. The van der Waals surface area contributed by atoms with Crippen molar-refractivity contribution in [1.29, 1.82) is 0 Å². The van der Waals surface area contributed by atoms with Gasteiger partial charge in [0.15, 0.2) is 0 Å². The number of halogens is 1. The molecule has 0 aliphatic heterocycles. The Morgan fingerprint density at radius 2 is 1.69 bits per heavy atom. The van der Waals surface area contributed by atoms with E-state index < -0.39 is 15.8 Å². The smallest absolute Gasteiger partial charge is 0.251 e. The third kappa shape index (κ3) is 5.39. The molecule has 29 heavy (non-hydrogen) atoms. The first-order valence-electron chi connectivity index (χ1n) is 8.83. The van der Waals surface area contributed by atoms with E-state index in [-0.39, 0.29) is 18.0 Å². The van der Waals surface area contributed by atoms with Crippen molar-refractivity contribution in [3.05, 3.63) is 95.6 Å². The maximum atomic E-state index is 14.0. The minimum atomic E-state index is -3.65. The molecule has 0 spiro atoms. The third-order valence-electron chi connectivity index (χ3n) is 4.29. The van der Waals surface area contributed by atoms with Crippen LogP contribution in [0.1, 0.15) is 21.5 Å². The Morgan fingerprint density at radius 1 is 1.03 bits per heavy atom. The van der Waals surface area contributed by atoms with Crippen molar-refractivity contribution in [2.24, 2.45) is 0 Å². The van der Waals surface area contributed by atoms with Gasteiger partial charge in [0.25, 0.3) is 5.91 Å². The lowest BCUT2D eigenvalue weighted by Gasteiger charge is -2.23. The molecule has 6 nitrogen and oxygen atoms in total. The van der Waals surface area contributed by atoms with Gasteiger partial charge in [0.05, 0.1) is 18.5 Å². The van der Waals surface area contributed by atoms with Gasteiger partial charge in [0, 0.05) is 30.1 Å². The topological polar surface area (TPSA) is 79.4 Å². The summed E-state index contributed by atoms with van der Waals surface area (Å²) >= 11 is 0. The van der Waals surface area contributed by atoms with Crippen LogP contribution < -0.4 is 9.62 Å². The van der Waals surface area contributed by atoms with Gasteiger partial charge >= 0.3 is 0 Å². The number of carbonyl (C=O) groups is 1. The Balaban J connectivity index is 1.75. The number of nitrogens with zero attached hydrogens (tertiary/aromatic N) is 2. The maximum absolute atomic E-state index is 14.0. The fourth-order valence-corrected chi connectivity index (χ4v) is 3.62. The van der Waals surface area contributed by atoms with Crippen LogP contribution in [0.5, 0.6) is 0 Å². The summed E-state index contributed by atoms with van der Waals surface area (Å²) in [6.45, 7) is 0.213. The molecule has 8 heteroatoms. The van der Waals surface area contributed by atoms with E-state index in [1.165, 1.54) is 36.4 Å². The molecule has 3 rings (SSSR count). The monoisotopic (exact) mass is 413 g/mol. The molecular formula is C21H20FN3O3S. The number of hydrogen-bond donors (Lipinski definition) is 1. The zero-order valence-electron chi connectivity index (χ0n) is 15.7. The average Bonchev–Trinajstić information content (AvgIpc) is 2.71. The van der Waals surface area contributed by atoms with Crippen LogP contribution >= 0.6 is 0 Å². The number of rotatable bonds is 7. The van der Waals surface area contributed by atoms with E-state index in [0.29, 0.717) is 17.8 Å². The highest BCUT2D eigenvalue weighted by molar-refractivity contribution is 7.92. The van der Waals surface area contributed by atoms with Gasteiger partial charge < -0.3 is 5.32 Å². The summed E-state index contributed by atoms with van der Waals surface area (Å²) in [4.78, 5) is 16.2. The van der Waals surface area contributed by atoms with E-state index in [9.17, 15) is 17.6 Å². The van der Waals surface area contributed by atoms with Gasteiger partial charge in [-0.25, -0.2) is 12.8 Å². The summed E-state index contributed by atoms with van der Waals surface area (Å²) in [7, 11) is -3.65. The van der Waals surface area contributed by atoms with Gasteiger partial charge in [-0.05, 0) is 48.0 Å². The molecule has 0 unspecified atom stereocenters. The number of sulfonamides is 1. The Hall–Kier alpha value is -3.26. The molecule has 0 atom stereocenters. The highest BCUT2D eigenvalue weighted by Crippen LogP contribution is 2.22. The summed E-state index contributed by atoms with van der Waals surface area (Å²) in [5.41, 5.74) is 1.92. The predicted octanol–water partition coefficient (Wildman–Crippen LogP) is 3.12. The first-order chi connectivity index (χ1) is 13.8. The van der Waals surface area contributed by atoms with Crippen LogP contribution in [0, 0.1) is 5.82 Å². The largest absolute Gasteiger partial charge is 0.348 e. The summed E-state index contributed by atoms with van der Waals surface area (Å²) < 4.78 is 39.6. The van der Waals surface area contributed by atoms with Crippen LogP contribution in [0.25, 0.3) is 0 Å². The lowest BCUT2D eigenvalue weighted by atomic mass is 10.1. The SMILES string of the molecule is CS(=O)(=O)N(Cc1ccccc1F)c1ccc(C(=O)NCc2ccncc2)cc1. The molecule has 0 aliphatic rings. The van der Waals surface area contributed by atoms with Crippen molar-refractivity contribution in [1.82, 2.24) is 10.3 Å². The molecule has 1 aromatic heterocycles. The molecule has 0 saturated heterocycles. The number of carbonyl (C=O) groups excluding carboxylic acids is 1. The van der Waals surface area contributed by atoms with E-state index in [1.807, 2.05) is 0 Å². The second-order valence-electron chi connectivity index (χ2n) is 6.45. The van der Waals surface area contributed by atoms with E-state index in [2.05, 4.69) is 10.3 Å². The molecule has 1 N–H and O–H groups in total. The van der Waals surface area contributed by atoms with Gasteiger partial charge in [-0.2, -0.15) is 0 Å². The number of nitrogens with one attached hydrogen (secondary N) is 1. The zero-order valence-corrected chi connectivity index (χ0v) is 16.6. The zero-order chi connectivity index (χ0) is 20.9. The lowest BCUT2D eigenvalue weighted by molar-refractivity contribution is 0.0951. The van der Waals surface area contributed by atoms with Crippen molar-refractivity contribution < 1.29 is 17.6 Å². The number of hydrogen-bond acceptors (Lipinski definition) is 4. The second kappa shape index (κ2) is 8.83. The molecule has 0 radical (unpaired) electrons. The number of pyridine rings is 1. The molecule has 0 fully saturated rings. The Labute approximate surface area is 169 Å². The fraction of sp³-hybridized carbons (Fsp3) is 0.143. The van der Waals surface area contributed by atoms with Gasteiger partial charge in [0.2, 0.25) is 10.0 Å². The number of anilines is 1. The van der Waals surface area contributed by atoms with Gasteiger partial charge in [-0.1, -0.05) is 18.2 Å². The quantitative estimate of drug-likeness (QED) is 0.646. The summed E-state index contributed by atoms with van der Waals surface area (Å²) in [6.07, 6.45) is 4.35. The van der Waals surface area contributed by atoms with Crippen molar-refractivity contribution in [3.63, 3.8) is 0 Å². The van der Waals surface area contributed by atoms with Crippen LogP contribution in [0.15, 0.2) is 73.1 Å². The van der Waals surface area contributed by atoms with Gasteiger partial charge in [0.1, 0.15) is 5.82 Å². The van der Waals surface area contributed by atoms with E-state index in [0.717, 1.165) is 16.1 Å². The molecule has 0 aliphatic carbocycles. The molecule has 150 valence electrons. The number of benzene rings is 2. The van der Waals surface area contributed by atoms with Crippen LogP contribution in [0.3, 0.4) is 0 Å². The predicted molar refractivity (Wildman–Crippen MR) is 109 cm³/mol. The number of aromatic nitrogens is 1. The highest BCUT2D eigenvalue weighted by atomic mass is 32.2. The standard InChI is InChI=1S/C21H20FN3O3S/c1-29(27,28)25(15-18-4-2-3-5-20(18)22)19-8-6-17(7-9-19)21(26)24-14-16-10-12-23-13-11-16/h2-13H,14-15H2,1H3,(H,24,26). The van der Waals surface area contributed by atoms with Crippen LogP contribution in [0.2, 0.25) is 0 Å². The molecule has 0 saturated carbocycles. The van der Waals surface area contributed by atoms with Crippen molar-refractivity contribution in [2.75, 3.05) is 10.6 Å². The molecular weight excluding hydrogens is 393 g/mol. The van der Waals surface area contributed by atoms with E-state index in [4.69, 9.17) is 0 Å². The third-order valence-corrected chi connectivity index (χ3v) is 5.43. The summed E-state index contributed by atoms with van der Waals surface area (Å²) in [5, 5.41) is 2.79. The van der Waals surface area contributed by atoms with E-state index in [1.54, 1.807) is 36.7 Å². The van der Waals surface area contributed by atoms with E-state index >= 15 is 0 Å². The minimum absolute atomic E-state index is 0.140. The van der Waals surface area contributed by atoms with Crippen LogP contribution in [-0.4, -0.2) is 25.6 Å². The highest BCUT2D eigenvalue weighted by Gasteiger charge is 2.19. The van der Waals surface area contributed by atoms with Gasteiger partial charge in [-0.3, -0.25) is 14.1 Å². The Morgan fingerprint density at radius 3 is 2.31 bits per heavy atom. The lowest BCUT2D eigenvalue weighted by Crippen LogP contribution is -2.30. The number of amides is 1. The molecule has 3 aromatic rings. The van der Waals surface area contributed by atoms with Crippen molar-refractivity contribution >= 4 is 21.6 Å². The molecule has 2 aromatic carbocycles. The maximum Gasteiger partial charge on any atom is 0.251 e. The molecule has 1 heterocycles. The Bertz CT molecular complexity index is 1090. The minimum Gasteiger partial charge on any atom is -0.348 e. The summed E-state index contributed by atoms with van der Waals surface area (Å²) in [6, 6.07) is 15.8. The molecule has 0 bridgehead atoms. The first kappa shape index (κ1) is 20.5. The fourth-order valence-electron chi connectivity index (χ4n) is 2.75. The normalized spacial score (nSPS) is 11.1. The summed E-state index contributed by atoms with van der Waals surface area (Å²) in [5.74, 6) is -0.762. The van der Waals surface area contributed by atoms with Crippen LogP contribution in [0.4, 0.5) is 10.1 Å². The van der Waals surface area contributed by atoms with Crippen molar-refractivity contribution in [2.45, 2.75) is 13.1 Å². The van der Waals surface area contributed by atoms with Gasteiger partial charge in [-0.15, -0.1) is 0 Å². The second-order valence-corrected chi connectivity index (χ2v) is 8.35. The van der Waals surface area contributed by atoms with Crippen LogP contribution in [-0.2, 0) is 23.1 Å². The average molecular weight is 413 g/mol. The van der Waals surface area contributed by atoms with Crippen molar-refractivity contribution in [3.8, 4) is 0 Å². The Kier molecular flexibility index (Phi) is 6.23. The molecule has 1 amide bonds.